The maximum atomic E-state index is 7.41. The maximum Gasteiger partial charge on any atom is 0.151 e. The molecule has 0 unspecified atom stereocenters. The van der Waals surface area contributed by atoms with Gasteiger partial charge < -0.3 is 10.6 Å². The Kier molecular flexibility index (Phi) is 3.00. The number of nitrogen functional groups attached to an aromatic ring is 1. The van der Waals surface area contributed by atoms with Gasteiger partial charge >= 0.3 is 0 Å². The summed E-state index contributed by atoms with van der Waals surface area (Å²) in [7, 11) is 1.89. The minimum Gasteiger partial charge on any atom is -0.384 e. The van der Waals surface area contributed by atoms with E-state index in [0.29, 0.717) is 5.56 Å². The second-order valence-electron chi connectivity index (χ2n) is 3.59. The average molecular weight is 227 g/mol. The van der Waals surface area contributed by atoms with E-state index in [0.717, 1.165) is 11.5 Å². The second-order valence-corrected chi connectivity index (χ2v) is 3.59. The van der Waals surface area contributed by atoms with E-state index in [-0.39, 0.29) is 5.84 Å². The van der Waals surface area contributed by atoms with E-state index in [1.807, 2.05) is 30.1 Å². The minimum atomic E-state index is 0.0550. The van der Waals surface area contributed by atoms with Crippen molar-refractivity contribution in [2.24, 2.45) is 5.73 Å². The number of anilines is 2. The van der Waals surface area contributed by atoms with Crippen LogP contribution in [-0.4, -0.2) is 22.9 Å². The Balaban J connectivity index is 2.34. The van der Waals surface area contributed by atoms with Crippen LogP contribution in [0.25, 0.3) is 0 Å². The van der Waals surface area contributed by atoms with Crippen LogP contribution < -0.4 is 10.6 Å². The van der Waals surface area contributed by atoms with Crippen molar-refractivity contribution in [2.45, 2.75) is 0 Å². The van der Waals surface area contributed by atoms with E-state index < -0.39 is 0 Å². The number of amidine groups is 1. The van der Waals surface area contributed by atoms with Gasteiger partial charge in [0, 0.05) is 30.7 Å². The number of hydrogen-bond acceptors (Lipinski definition) is 4. The van der Waals surface area contributed by atoms with Gasteiger partial charge in [-0.3, -0.25) is 10.4 Å². The highest BCUT2D eigenvalue weighted by molar-refractivity contribution is 5.95. The first kappa shape index (κ1) is 11.1. The van der Waals surface area contributed by atoms with Crippen molar-refractivity contribution in [2.75, 3.05) is 11.9 Å². The molecule has 0 amide bonds. The molecular weight excluding hydrogens is 214 g/mol. The number of benzene rings is 1. The second kappa shape index (κ2) is 4.61. The summed E-state index contributed by atoms with van der Waals surface area (Å²) in [5, 5.41) is 7.41. The molecule has 0 saturated carbocycles. The molecule has 0 fully saturated rings. The van der Waals surface area contributed by atoms with Crippen LogP contribution in [0.4, 0.5) is 11.5 Å². The van der Waals surface area contributed by atoms with Crippen LogP contribution in [0.3, 0.4) is 0 Å². The topological polar surface area (TPSA) is 78.9 Å². The van der Waals surface area contributed by atoms with Crippen LogP contribution >= 0.6 is 0 Å². The Labute approximate surface area is 99.4 Å². The van der Waals surface area contributed by atoms with Crippen LogP contribution in [0.2, 0.25) is 0 Å². The summed E-state index contributed by atoms with van der Waals surface area (Å²) in [6.07, 6.45) is 4.95. The Morgan fingerprint density at radius 3 is 2.82 bits per heavy atom. The first-order valence-corrected chi connectivity index (χ1v) is 5.12. The third kappa shape index (κ3) is 2.39. The summed E-state index contributed by atoms with van der Waals surface area (Å²) >= 11 is 0. The van der Waals surface area contributed by atoms with Gasteiger partial charge in [-0.05, 0) is 12.1 Å². The monoisotopic (exact) mass is 227 g/mol. The summed E-state index contributed by atoms with van der Waals surface area (Å²) in [4.78, 5) is 10.1. The molecule has 5 heteroatoms. The lowest BCUT2D eigenvalue weighted by atomic mass is 10.2. The highest BCUT2D eigenvalue weighted by Crippen LogP contribution is 2.21. The van der Waals surface area contributed by atoms with Crippen molar-refractivity contribution in [1.29, 1.82) is 5.41 Å². The van der Waals surface area contributed by atoms with Crippen LogP contribution in [0.5, 0.6) is 0 Å². The van der Waals surface area contributed by atoms with E-state index >= 15 is 0 Å². The van der Waals surface area contributed by atoms with E-state index in [4.69, 9.17) is 11.1 Å². The van der Waals surface area contributed by atoms with Crippen molar-refractivity contribution in [3.63, 3.8) is 0 Å². The molecule has 2 rings (SSSR count). The smallest absolute Gasteiger partial charge is 0.151 e. The van der Waals surface area contributed by atoms with Gasteiger partial charge in [0.25, 0.3) is 0 Å². The summed E-state index contributed by atoms with van der Waals surface area (Å²) in [6, 6.07) is 7.44. The summed E-state index contributed by atoms with van der Waals surface area (Å²) in [5.74, 6) is 0.799. The number of nitrogens with two attached hydrogens (primary N) is 1. The number of nitrogens with zero attached hydrogens (tertiary/aromatic N) is 3. The molecule has 5 nitrogen and oxygen atoms in total. The Morgan fingerprint density at radius 2 is 2.18 bits per heavy atom. The highest BCUT2D eigenvalue weighted by atomic mass is 15.2. The predicted octanol–water partition coefficient (Wildman–Crippen LogP) is 1.53. The van der Waals surface area contributed by atoms with Gasteiger partial charge in [-0.2, -0.15) is 0 Å². The quantitative estimate of drug-likeness (QED) is 0.615. The third-order valence-electron chi connectivity index (χ3n) is 2.44. The van der Waals surface area contributed by atoms with Gasteiger partial charge in [0.2, 0.25) is 0 Å². The van der Waals surface area contributed by atoms with Crippen LogP contribution in [0.1, 0.15) is 5.56 Å². The molecule has 0 radical (unpaired) electrons. The fraction of sp³-hybridized carbons (Fsp3) is 0.0833. The Morgan fingerprint density at radius 1 is 1.35 bits per heavy atom. The van der Waals surface area contributed by atoms with E-state index in [9.17, 15) is 0 Å². The predicted molar refractivity (Wildman–Crippen MR) is 67.6 cm³/mol. The van der Waals surface area contributed by atoms with Gasteiger partial charge in [0.15, 0.2) is 5.82 Å². The van der Waals surface area contributed by atoms with Crippen molar-refractivity contribution >= 4 is 17.3 Å². The minimum absolute atomic E-state index is 0.0550. The number of hydrogen-bond donors (Lipinski definition) is 2. The molecule has 86 valence electrons. The lowest BCUT2D eigenvalue weighted by Gasteiger charge is -2.18. The molecule has 17 heavy (non-hydrogen) atoms. The lowest BCUT2D eigenvalue weighted by Crippen LogP contribution is -2.14. The Hall–Kier alpha value is -2.43. The molecule has 0 saturated heterocycles. The zero-order valence-electron chi connectivity index (χ0n) is 9.46. The largest absolute Gasteiger partial charge is 0.384 e. The van der Waals surface area contributed by atoms with E-state index in [2.05, 4.69) is 9.97 Å². The fourth-order valence-corrected chi connectivity index (χ4v) is 1.48. The molecule has 0 aliphatic heterocycles. The molecule has 1 aromatic heterocycles. The summed E-state index contributed by atoms with van der Waals surface area (Å²) in [5.41, 5.74) is 7.07. The molecule has 0 aliphatic rings. The first-order valence-electron chi connectivity index (χ1n) is 5.12. The van der Waals surface area contributed by atoms with Crippen molar-refractivity contribution in [1.82, 2.24) is 9.97 Å². The average Bonchev–Trinajstić information content (AvgIpc) is 2.39. The highest BCUT2D eigenvalue weighted by Gasteiger charge is 2.06. The third-order valence-corrected chi connectivity index (χ3v) is 2.44. The molecule has 0 atom stereocenters. The van der Waals surface area contributed by atoms with E-state index in [1.54, 1.807) is 24.7 Å². The lowest BCUT2D eigenvalue weighted by molar-refractivity contribution is 1.09. The standard InChI is InChI=1S/C12H13N5/c1-17(11-8-15-5-6-16-11)10-4-2-3-9(7-10)12(13)14/h2-8H,1H3,(H3,13,14). The molecular formula is C12H13N5. The number of nitrogens with one attached hydrogen (secondary N) is 1. The molecule has 0 spiro atoms. The van der Waals surface area contributed by atoms with Gasteiger partial charge in [0.05, 0.1) is 6.20 Å². The zero-order valence-corrected chi connectivity index (χ0v) is 9.46. The molecule has 1 heterocycles. The zero-order chi connectivity index (χ0) is 12.3. The van der Waals surface area contributed by atoms with Gasteiger partial charge in [0.1, 0.15) is 5.84 Å². The normalized spacial score (nSPS) is 9.94. The van der Waals surface area contributed by atoms with Crippen molar-refractivity contribution < 1.29 is 0 Å². The van der Waals surface area contributed by atoms with Crippen LogP contribution in [0, 0.1) is 5.41 Å². The van der Waals surface area contributed by atoms with E-state index in [1.165, 1.54) is 0 Å². The first-order chi connectivity index (χ1) is 8.18. The Bertz CT molecular complexity index is 523. The van der Waals surface area contributed by atoms with Crippen molar-refractivity contribution in [3.05, 3.63) is 48.4 Å². The van der Waals surface area contributed by atoms with Crippen LogP contribution in [-0.2, 0) is 0 Å². The molecule has 2 aromatic rings. The molecule has 1 aromatic carbocycles. The molecule has 3 N–H and O–H groups in total. The summed E-state index contributed by atoms with van der Waals surface area (Å²) < 4.78 is 0. The van der Waals surface area contributed by atoms with Gasteiger partial charge in [-0.1, -0.05) is 12.1 Å². The number of aromatic nitrogens is 2. The van der Waals surface area contributed by atoms with Crippen molar-refractivity contribution in [3.8, 4) is 0 Å². The molecule has 0 bridgehead atoms. The maximum absolute atomic E-state index is 7.41. The van der Waals surface area contributed by atoms with Gasteiger partial charge in [-0.25, -0.2) is 4.98 Å². The van der Waals surface area contributed by atoms with Gasteiger partial charge in [-0.15, -0.1) is 0 Å². The van der Waals surface area contributed by atoms with Crippen LogP contribution in [0.15, 0.2) is 42.9 Å². The number of rotatable bonds is 3. The SMILES string of the molecule is CN(c1cccc(C(=N)N)c1)c1cnccn1. The summed E-state index contributed by atoms with van der Waals surface area (Å²) in [6.45, 7) is 0. The fourth-order valence-electron chi connectivity index (χ4n) is 1.48. The molecule has 0 aliphatic carbocycles.